The monoisotopic (exact) mass is 415 g/mol. The third-order valence-corrected chi connectivity index (χ3v) is 6.68. The molecule has 0 unspecified atom stereocenters. The van der Waals surface area contributed by atoms with Gasteiger partial charge in [-0.3, -0.25) is 9.59 Å². The fraction of sp³-hybridized carbons (Fsp3) is 0.158. The number of nitrogens with one attached hydrogen (secondary N) is 1. The number of carbonyl (C=O) groups excluding carboxylic acids is 2. The van der Waals surface area contributed by atoms with Gasteiger partial charge in [-0.25, -0.2) is 0 Å². The Morgan fingerprint density at radius 3 is 2.33 bits per heavy atom. The van der Waals surface area contributed by atoms with Crippen molar-refractivity contribution < 1.29 is 9.59 Å². The van der Waals surface area contributed by atoms with Gasteiger partial charge in [0.15, 0.2) is 8.68 Å². The highest BCUT2D eigenvalue weighted by Crippen LogP contribution is 2.31. The number of anilines is 1. The van der Waals surface area contributed by atoms with E-state index in [1.807, 2.05) is 50.2 Å². The number of thioether (sulfide) groups is 2. The molecular weight excluding hydrogens is 398 g/mol. The molecule has 5 nitrogen and oxygen atoms in total. The molecule has 0 aliphatic carbocycles. The first-order valence-electron chi connectivity index (χ1n) is 8.12. The van der Waals surface area contributed by atoms with Gasteiger partial charge in [0, 0.05) is 11.3 Å². The van der Waals surface area contributed by atoms with Crippen molar-refractivity contribution in [2.45, 2.75) is 22.5 Å². The summed E-state index contributed by atoms with van der Waals surface area (Å²) in [5.74, 6) is 0.141. The maximum absolute atomic E-state index is 12.2. The number of nitrogens with zero attached hydrogens (tertiary/aromatic N) is 2. The van der Waals surface area contributed by atoms with Crippen LogP contribution in [0, 0.1) is 13.8 Å². The van der Waals surface area contributed by atoms with E-state index in [1.165, 1.54) is 23.1 Å². The molecule has 1 N–H and O–H groups in total. The van der Waals surface area contributed by atoms with E-state index in [4.69, 9.17) is 0 Å². The Hall–Kier alpha value is -2.16. The number of aromatic nitrogens is 2. The average molecular weight is 416 g/mol. The van der Waals surface area contributed by atoms with Gasteiger partial charge in [0.2, 0.25) is 11.0 Å². The highest BCUT2D eigenvalue weighted by Gasteiger charge is 2.14. The van der Waals surface area contributed by atoms with Crippen LogP contribution >= 0.6 is 34.9 Å². The van der Waals surface area contributed by atoms with Crippen LogP contribution in [0.2, 0.25) is 0 Å². The zero-order valence-corrected chi connectivity index (χ0v) is 17.2. The van der Waals surface area contributed by atoms with Gasteiger partial charge in [-0.2, -0.15) is 0 Å². The first-order valence-corrected chi connectivity index (χ1v) is 10.7. The smallest absolute Gasteiger partial charge is 0.234 e. The number of para-hydroxylation sites is 1. The van der Waals surface area contributed by atoms with Crippen LogP contribution in [0.25, 0.3) is 0 Å². The second-order valence-corrected chi connectivity index (χ2v) is 9.11. The van der Waals surface area contributed by atoms with Gasteiger partial charge in [-0.15, -0.1) is 10.2 Å². The second-order valence-electron chi connectivity index (χ2n) is 5.69. The van der Waals surface area contributed by atoms with E-state index in [2.05, 4.69) is 15.5 Å². The quantitative estimate of drug-likeness (QED) is 0.582. The molecule has 0 saturated carbocycles. The lowest BCUT2D eigenvalue weighted by Gasteiger charge is -2.10. The SMILES string of the molecule is Cc1cccc(C)c1NC(=O)CSc1nnc(SC(=O)c2ccccc2)s1. The van der Waals surface area contributed by atoms with Crippen LogP contribution in [0.5, 0.6) is 0 Å². The molecule has 0 saturated heterocycles. The van der Waals surface area contributed by atoms with Crippen LogP contribution < -0.4 is 5.32 Å². The van der Waals surface area contributed by atoms with Crippen molar-refractivity contribution >= 4 is 51.6 Å². The Labute approximate surface area is 170 Å². The Morgan fingerprint density at radius 1 is 0.963 bits per heavy atom. The van der Waals surface area contributed by atoms with Gasteiger partial charge in [-0.1, -0.05) is 71.6 Å². The molecule has 8 heteroatoms. The van der Waals surface area contributed by atoms with Gasteiger partial charge in [-0.05, 0) is 36.7 Å². The van der Waals surface area contributed by atoms with Gasteiger partial charge in [0.25, 0.3) is 0 Å². The third-order valence-electron chi connectivity index (χ3n) is 3.65. The van der Waals surface area contributed by atoms with E-state index in [-0.39, 0.29) is 16.8 Å². The molecule has 2 aromatic carbocycles. The number of hydrogen-bond donors (Lipinski definition) is 1. The van der Waals surface area contributed by atoms with Crippen LogP contribution in [0.4, 0.5) is 5.69 Å². The molecule has 0 fully saturated rings. The Morgan fingerprint density at radius 2 is 1.63 bits per heavy atom. The number of rotatable bonds is 6. The molecule has 0 aliphatic heterocycles. The minimum absolute atomic E-state index is 0.0731. The summed E-state index contributed by atoms with van der Waals surface area (Å²) in [6, 6.07) is 14.9. The summed E-state index contributed by atoms with van der Waals surface area (Å²) in [5, 5.41) is 11.0. The predicted molar refractivity (Wildman–Crippen MR) is 112 cm³/mol. The van der Waals surface area contributed by atoms with Crippen molar-refractivity contribution in [1.29, 1.82) is 0 Å². The van der Waals surface area contributed by atoms with E-state index < -0.39 is 0 Å². The van der Waals surface area contributed by atoms with Crippen molar-refractivity contribution in [2.24, 2.45) is 0 Å². The lowest BCUT2D eigenvalue weighted by atomic mass is 10.1. The minimum atomic E-state index is -0.0952. The van der Waals surface area contributed by atoms with E-state index in [0.717, 1.165) is 28.6 Å². The van der Waals surface area contributed by atoms with Crippen molar-refractivity contribution in [3.8, 4) is 0 Å². The zero-order valence-electron chi connectivity index (χ0n) is 14.8. The fourth-order valence-electron chi connectivity index (χ4n) is 2.32. The molecule has 3 rings (SSSR count). The highest BCUT2D eigenvalue weighted by atomic mass is 32.2. The summed E-state index contributed by atoms with van der Waals surface area (Å²) < 4.78 is 1.23. The van der Waals surface area contributed by atoms with Gasteiger partial charge in [0.05, 0.1) is 5.75 Å². The first kappa shape index (κ1) is 19.6. The van der Waals surface area contributed by atoms with E-state index in [0.29, 0.717) is 14.2 Å². The normalized spacial score (nSPS) is 10.6. The predicted octanol–water partition coefficient (Wildman–Crippen LogP) is 4.82. The molecule has 0 radical (unpaired) electrons. The number of hydrogen-bond acceptors (Lipinski definition) is 7. The summed E-state index contributed by atoms with van der Waals surface area (Å²) >= 11 is 3.68. The average Bonchev–Trinajstić information content (AvgIpc) is 3.11. The molecule has 3 aromatic rings. The summed E-state index contributed by atoms with van der Waals surface area (Å²) in [5.41, 5.74) is 3.54. The Kier molecular flexibility index (Phi) is 6.65. The molecule has 138 valence electrons. The molecule has 0 bridgehead atoms. The topological polar surface area (TPSA) is 72.0 Å². The molecule has 1 heterocycles. The van der Waals surface area contributed by atoms with Crippen molar-refractivity contribution in [2.75, 3.05) is 11.1 Å². The lowest BCUT2D eigenvalue weighted by molar-refractivity contribution is -0.113. The van der Waals surface area contributed by atoms with Crippen LogP contribution in [0.1, 0.15) is 21.5 Å². The molecule has 1 amide bonds. The van der Waals surface area contributed by atoms with Crippen LogP contribution in [0.3, 0.4) is 0 Å². The molecule has 0 aliphatic rings. The number of benzene rings is 2. The third kappa shape index (κ3) is 5.41. The number of aryl methyl sites for hydroxylation is 2. The summed E-state index contributed by atoms with van der Waals surface area (Å²) in [6.07, 6.45) is 0. The standard InChI is InChI=1S/C19H17N3O2S3/c1-12-7-6-8-13(2)16(12)20-15(23)11-25-18-21-22-19(27-18)26-17(24)14-9-4-3-5-10-14/h3-10H,11H2,1-2H3,(H,20,23). The molecule has 0 atom stereocenters. The van der Waals surface area contributed by atoms with E-state index in [9.17, 15) is 9.59 Å². The first-order chi connectivity index (χ1) is 13.0. The minimum Gasteiger partial charge on any atom is -0.325 e. The molecular formula is C19H17N3O2S3. The summed E-state index contributed by atoms with van der Waals surface area (Å²) in [6.45, 7) is 3.93. The van der Waals surface area contributed by atoms with Gasteiger partial charge in [0.1, 0.15) is 0 Å². The lowest BCUT2D eigenvalue weighted by Crippen LogP contribution is -2.15. The Bertz CT molecular complexity index is 938. The van der Waals surface area contributed by atoms with E-state index in [1.54, 1.807) is 12.1 Å². The number of amides is 1. The number of carbonyl (C=O) groups is 2. The van der Waals surface area contributed by atoms with Crippen LogP contribution in [-0.4, -0.2) is 27.0 Å². The van der Waals surface area contributed by atoms with Crippen molar-refractivity contribution in [3.05, 3.63) is 65.2 Å². The van der Waals surface area contributed by atoms with Crippen molar-refractivity contribution in [3.63, 3.8) is 0 Å². The fourth-order valence-corrected chi connectivity index (χ4v) is 4.99. The maximum atomic E-state index is 12.2. The Balaban J connectivity index is 1.53. The zero-order chi connectivity index (χ0) is 19.2. The maximum Gasteiger partial charge on any atom is 0.234 e. The molecule has 27 heavy (non-hydrogen) atoms. The highest BCUT2D eigenvalue weighted by molar-refractivity contribution is 8.15. The van der Waals surface area contributed by atoms with Crippen LogP contribution in [0.15, 0.2) is 57.2 Å². The summed E-state index contributed by atoms with van der Waals surface area (Å²) in [7, 11) is 0. The van der Waals surface area contributed by atoms with Crippen LogP contribution in [-0.2, 0) is 4.79 Å². The molecule has 1 aromatic heterocycles. The largest absolute Gasteiger partial charge is 0.325 e. The van der Waals surface area contributed by atoms with E-state index >= 15 is 0 Å². The van der Waals surface area contributed by atoms with Gasteiger partial charge < -0.3 is 5.32 Å². The van der Waals surface area contributed by atoms with Gasteiger partial charge >= 0.3 is 0 Å². The summed E-state index contributed by atoms with van der Waals surface area (Å²) in [4.78, 5) is 24.4. The second kappa shape index (κ2) is 9.16. The van der Waals surface area contributed by atoms with Crippen molar-refractivity contribution in [1.82, 2.24) is 10.2 Å². The molecule has 0 spiro atoms.